The second-order valence-corrected chi connectivity index (χ2v) is 10.1. The summed E-state index contributed by atoms with van der Waals surface area (Å²) in [5, 5.41) is 9.57. The lowest BCUT2D eigenvalue weighted by Gasteiger charge is -2.35. The standard InChI is InChI=1S/C23H28N4OS/c1-13-6-7-15-8-9-24-20(18(15)10-13)26-17-11-16(12-17)21(28)27-22-25-14(2)19(29-22)23(3,4)5/h6-10,16-17H,11-12H2,1-5H3,(H,24,26)(H,25,27,28)/t16-,17+. The van der Waals surface area contributed by atoms with E-state index in [0.29, 0.717) is 5.13 Å². The minimum atomic E-state index is 0.0199. The fourth-order valence-corrected chi connectivity index (χ4v) is 4.92. The summed E-state index contributed by atoms with van der Waals surface area (Å²) in [6.07, 6.45) is 3.46. The Bertz CT molecular complexity index is 1060. The maximum atomic E-state index is 12.6. The average Bonchev–Trinajstić information content (AvgIpc) is 2.98. The third kappa shape index (κ3) is 4.13. The van der Waals surface area contributed by atoms with E-state index in [0.717, 1.165) is 29.7 Å². The fourth-order valence-electron chi connectivity index (χ4n) is 3.89. The van der Waals surface area contributed by atoms with Gasteiger partial charge in [-0.25, -0.2) is 9.97 Å². The molecular formula is C23H28N4OS. The number of aryl methyl sites for hydroxylation is 2. The number of nitrogens with one attached hydrogen (secondary N) is 2. The summed E-state index contributed by atoms with van der Waals surface area (Å²) in [4.78, 5) is 22.9. The van der Waals surface area contributed by atoms with E-state index in [4.69, 9.17) is 0 Å². The minimum Gasteiger partial charge on any atom is -0.367 e. The molecule has 1 fully saturated rings. The van der Waals surface area contributed by atoms with E-state index in [2.05, 4.69) is 66.5 Å². The van der Waals surface area contributed by atoms with Crippen LogP contribution in [0.25, 0.3) is 10.8 Å². The first kappa shape index (κ1) is 19.8. The predicted octanol–water partition coefficient (Wildman–Crippen LogP) is 5.43. The predicted molar refractivity (Wildman–Crippen MR) is 121 cm³/mol. The second kappa shape index (κ2) is 7.41. The van der Waals surface area contributed by atoms with E-state index in [1.807, 2.05) is 19.2 Å². The molecule has 1 saturated carbocycles. The number of amides is 1. The summed E-state index contributed by atoms with van der Waals surface area (Å²) in [6, 6.07) is 8.69. The van der Waals surface area contributed by atoms with Gasteiger partial charge in [0.05, 0.1) is 5.69 Å². The lowest BCUT2D eigenvalue weighted by atomic mass is 9.79. The van der Waals surface area contributed by atoms with Crippen molar-refractivity contribution in [1.29, 1.82) is 0 Å². The molecule has 0 atom stereocenters. The van der Waals surface area contributed by atoms with Crippen molar-refractivity contribution >= 4 is 39.0 Å². The van der Waals surface area contributed by atoms with E-state index in [9.17, 15) is 4.79 Å². The van der Waals surface area contributed by atoms with Crippen molar-refractivity contribution in [2.45, 2.75) is 58.9 Å². The summed E-state index contributed by atoms with van der Waals surface area (Å²) in [7, 11) is 0. The van der Waals surface area contributed by atoms with Gasteiger partial charge < -0.3 is 10.6 Å². The highest BCUT2D eigenvalue weighted by Crippen LogP contribution is 2.36. The number of aromatic nitrogens is 2. The molecule has 1 amide bonds. The van der Waals surface area contributed by atoms with Crippen LogP contribution in [0.1, 0.15) is 49.7 Å². The van der Waals surface area contributed by atoms with E-state index in [1.165, 1.54) is 15.8 Å². The quantitative estimate of drug-likeness (QED) is 0.604. The van der Waals surface area contributed by atoms with Crippen molar-refractivity contribution in [3.8, 4) is 0 Å². The second-order valence-electron chi connectivity index (χ2n) is 9.07. The van der Waals surface area contributed by atoms with Crippen LogP contribution >= 0.6 is 11.3 Å². The number of carbonyl (C=O) groups excluding carboxylic acids is 1. The molecule has 1 aliphatic carbocycles. The van der Waals surface area contributed by atoms with Crippen LogP contribution < -0.4 is 10.6 Å². The van der Waals surface area contributed by atoms with Crippen molar-refractivity contribution in [3.05, 3.63) is 46.6 Å². The maximum Gasteiger partial charge on any atom is 0.229 e. The maximum absolute atomic E-state index is 12.6. The molecule has 2 aromatic heterocycles. The number of rotatable bonds is 4. The third-order valence-corrected chi connectivity index (χ3v) is 6.98. The molecule has 5 nitrogen and oxygen atoms in total. The monoisotopic (exact) mass is 408 g/mol. The van der Waals surface area contributed by atoms with Crippen molar-refractivity contribution < 1.29 is 4.79 Å². The zero-order chi connectivity index (χ0) is 20.8. The molecule has 0 aliphatic heterocycles. The fraction of sp³-hybridized carbons (Fsp3) is 0.435. The van der Waals surface area contributed by atoms with E-state index >= 15 is 0 Å². The Kier molecular flexibility index (Phi) is 5.07. The number of benzene rings is 1. The molecule has 2 heterocycles. The Morgan fingerprint density at radius 1 is 1.17 bits per heavy atom. The molecule has 2 N–H and O–H groups in total. The van der Waals surface area contributed by atoms with Gasteiger partial charge in [0.2, 0.25) is 5.91 Å². The van der Waals surface area contributed by atoms with Gasteiger partial charge in [-0.1, -0.05) is 38.5 Å². The average molecular weight is 409 g/mol. The van der Waals surface area contributed by atoms with Gasteiger partial charge in [-0.3, -0.25) is 4.79 Å². The summed E-state index contributed by atoms with van der Waals surface area (Å²) < 4.78 is 0. The van der Waals surface area contributed by atoms with Crippen LogP contribution in [0.5, 0.6) is 0 Å². The lowest BCUT2D eigenvalue weighted by molar-refractivity contribution is -0.122. The molecule has 0 unspecified atom stereocenters. The topological polar surface area (TPSA) is 66.9 Å². The van der Waals surface area contributed by atoms with Gasteiger partial charge in [-0.2, -0.15) is 0 Å². The zero-order valence-corrected chi connectivity index (χ0v) is 18.5. The highest BCUT2D eigenvalue weighted by Gasteiger charge is 2.35. The molecule has 0 radical (unpaired) electrons. The van der Waals surface area contributed by atoms with Gasteiger partial charge in [0, 0.05) is 28.4 Å². The SMILES string of the molecule is Cc1ccc2ccnc(N[C@H]3C[C@@H](C(=O)Nc4nc(C)c(C(C)(C)C)s4)C3)c2c1. The highest BCUT2D eigenvalue weighted by atomic mass is 32.1. The molecule has 4 rings (SSSR count). The van der Waals surface area contributed by atoms with Gasteiger partial charge in [-0.15, -0.1) is 11.3 Å². The molecule has 0 spiro atoms. The number of hydrogen-bond acceptors (Lipinski definition) is 5. The minimum absolute atomic E-state index is 0.0199. The number of fused-ring (bicyclic) bond motifs is 1. The smallest absolute Gasteiger partial charge is 0.229 e. The van der Waals surface area contributed by atoms with Gasteiger partial charge in [-0.05, 0) is 49.6 Å². The number of anilines is 2. The summed E-state index contributed by atoms with van der Waals surface area (Å²) in [5.74, 6) is 0.992. The summed E-state index contributed by atoms with van der Waals surface area (Å²) in [5.41, 5.74) is 2.26. The van der Waals surface area contributed by atoms with Crippen LogP contribution in [-0.4, -0.2) is 21.9 Å². The van der Waals surface area contributed by atoms with E-state index < -0.39 is 0 Å². The van der Waals surface area contributed by atoms with Gasteiger partial charge >= 0.3 is 0 Å². The third-order valence-electron chi connectivity index (χ3n) is 5.48. The van der Waals surface area contributed by atoms with Crippen molar-refractivity contribution in [3.63, 3.8) is 0 Å². The molecule has 6 heteroatoms. The number of hydrogen-bond donors (Lipinski definition) is 2. The number of nitrogens with zero attached hydrogens (tertiary/aromatic N) is 2. The molecule has 1 aliphatic rings. The zero-order valence-electron chi connectivity index (χ0n) is 17.7. The first-order chi connectivity index (χ1) is 13.7. The van der Waals surface area contributed by atoms with Gasteiger partial charge in [0.15, 0.2) is 5.13 Å². The van der Waals surface area contributed by atoms with Crippen LogP contribution in [0, 0.1) is 19.8 Å². The van der Waals surface area contributed by atoms with Crippen LogP contribution in [0.15, 0.2) is 30.5 Å². The van der Waals surface area contributed by atoms with E-state index in [1.54, 1.807) is 11.3 Å². The van der Waals surface area contributed by atoms with Crippen LogP contribution in [-0.2, 0) is 10.2 Å². The first-order valence-corrected chi connectivity index (χ1v) is 10.9. The summed E-state index contributed by atoms with van der Waals surface area (Å²) >= 11 is 1.58. The van der Waals surface area contributed by atoms with Crippen molar-refractivity contribution in [2.75, 3.05) is 10.6 Å². The lowest BCUT2D eigenvalue weighted by Crippen LogP contribution is -2.42. The Labute approximate surface area is 176 Å². The Hall–Kier alpha value is -2.47. The van der Waals surface area contributed by atoms with Gasteiger partial charge in [0.1, 0.15) is 5.82 Å². The van der Waals surface area contributed by atoms with Crippen molar-refractivity contribution in [1.82, 2.24) is 9.97 Å². The van der Waals surface area contributed by atoms with Gasteiger partial charge in [0.25, 0.3) is 0 Å². The molecule has 1 aromatic carbocycles. The molecule has 3 aromatic rings. The number of pyridine rings is 1. The molecule has 29 heavy (non-hydrogen) atoms. The van der Waals surface area contributed by atoms with Crippen LogP contribution in [0.2, 0.25) is 0 Å². The Balaban J connectivity index is 1.37. The molecule has 152 valence electrons. The van der Waals surface area contributed by atoms with Crippen LogP contribution in [0.4, 0.5) is 10.9 Å². The number of carbonyl (C=O) groups is 1. The normalized spacial score (nSPS) is 19.1. The van der Waals surface area contributed by atoms with Crippen LogP contribution in [0.3, 0.4) is 0 Å². The highest BCUT2D eigenvalue weighted by molar-refractivity contribution is 7.16. The summed E-state index contributed by atoms with van der Waals surface area (Å²) in [6.45, 7) is 10.6. The Morgan fingerprint density at radius 3 is 2.62 bits per heavy atom. The number of thiazole rings is 1. The van der Waals surface area contributed by atoms with E-state index in [-0.39, 0.29) is 23.3 Å². The molecule has 0 bridgehead atoms. The molecular weight excluding hydrogens is 380 g/mol. The molecule has 0 saturated heterocycles. The first-order valence-electron chi connectivity index (χ1n) is 10.1. The Morgan fingerprint density at radius 2 is 1.93 bits per heavy atom. The van der Waals surface area contributed by atoms with Crippen molar-refractivity contribution in [2.24, 2.45) is 5.92 Å². The largest absolute Gasteiger partial charge is 0.367 e.